The summed E-state index contributed by atoms with van der Waals surface area (Å²) in [5, 5.41) is 3.28. The minimum absolute atomic E-state index is 0.0395. The van der Waals surface area contributed by atoms with Gasteiger partial charge in [0.2, 0.25) is 0 Å². The number of pyridine rings is 1. The summed E-state index contributed by atoms with van der Waals surface area (Å²) >= 11 is 1.74. The van der Waals surface area contributed by atoms with Gasteiger partial charge in [-0.3, -0.25) is 4.79 Å². The van der Waals surface area contributed by atoms with Gasteiger partial charge in [-0.2, -0.15) is 11.8 Å². The Hall–Kier alpha value is -1.62. The van der Waals surface area contributed by atoms with Crippen LogP contribution in [0.2, 0.25) is 0 Å². The van der Waals surface area contributed by atoms with E-state index < -0.39 is 0 Å². The fraction of sp³-hybridized carbons (Fsp3) is 0.400. The number of nitrogens with one attached hydrogen (secondary N) is 1. The zero-order valence-corrected chi connectivity index (χ0v) is 12.7. The van der Waals surface area contributed by atoms with Crippen molar-refractivity contribution in [2.24, 2.45) is 0 Å². The van der Waals surface area contributed by atoms with Crippen molar-refractivity contribution in [3.8, 4) is 0 Å². The Kier molecular flexibility index (Phi) is 5.35. The fourth-order valence-electron chi connectivity index (χ4n) is 1.98. The van der Waals surface area contributed by atoms with E-state index in [0.29, 0.717) is 6.54 Å². The standard InChI is InChI=1S/C15H20N2O2S/c1-3-8-17-10-12(4-7-15(17)18)16-9-13-5-6-14(19-13)11-20-2/h4-7,10,16H,3,8-9,11H2,1-2H3. The van der Waals surface area contributed by atoms with Crippen molar-refractivity contribution in [1.29, 1.82) is 0 Å². The second-order valence-corrected chi connectivity index (χ2v) is 5.47. The molecule has 0 radical (unpaired) electrons. The Morgan fingerprint density at radius 1 is 1.25 bits per heavy atom. The molecule has 0 bridgehead atoms. The normalized spacial score (nSPS) is 10.7. The molecular formula is C15H20N2O2S. The Balaban J connectivity index is 1.99. The molecule has 0 amide bonds. The van der Waals surface area contributed by atoms with Crippen LogP contribution in [-0.4, -0.2) is 10.8 Å². The maximum atomic E-state index is 11.6. The smallest absolute Gasteiger partial charge is 0.250 e. The summed E-state index contributed by atoms with van der Waals surface area (Å²) < 4.78 is 7.42. The number of furan rings is 1. The summed E-state index contributed by atoms with van der Waals surface area (Å²) in [6.07, 6.45) is 4.86. The van der Waals surface area contributed by atoms with Crippen LogP contribution in [0.1, 0.15) is 24.9 Å². The molecule has 4 nitrogen and oxygen atoms in total. The van der Waals surface area contributed by atoms with Gasteiger partial charge in [-0.15, -0.1) is 0 Å². The highest BCUT2D eigenvalue weighted by atomic mass is 32.2. The molecule has 2 aromatic rings. The summed E-state index contributed by atoms with van der Waals surface area (Å²) in [5.41, 5.74) is 0.971. The summed E-state index contributed by atoms with van der Waals surface area (Å²) in [4.78, 5) is 11.6. The molecule has 0 aliphatic rings. The molecule has 0 unspecified atom stereocenters. The highest BCUT2D eigenvalue weighted by Gasteiger charge is 2.02. The van der Waals surface area contributed by atoms with Crippen LogP contribution in [0.3, 0.4) is 0 Å². The Morgan fingerprint density at radius 2 is 2.05 bits per heavy atom. The maximum absolute atomic E-state index is 11.6. The minimum atomic E-state index is 0.0395. The van der Waals surface area contributed by atoms with Crippen molar-refractivity contribution in [1.82, 2.24) is 4.57 Å². The first-order chi connectivity index (χ1) is 9.72. The van der Waals surface area contributed by atoms with Crippen LogP contribution < -0.4 is 10.9 Å². The van der Waals surface area contributed by atoms with Gasteiger partial charge in [0.1, 0.15) is 11.5 Å². The van der Waals surface area contributed by atoms with Crippen molar-refractivity contribution in [3.63, 3.8) is 0 Å². The molecule has 0 saturated carbocycles. The number of hydrogen-bond donors (Lipinski definition) is 1. The molecule has 0 saturated heterocycles. The third kappa shape index (κ3) is 3.93. The summed E-state index contributed by atoms with van der Waals surface area (Å²) in [5.74, 6) is 2.79. The molecule has 0 spiro atoms. The SMILES string of the molecule is CCCn1cc(NCc2ccc(CSC)o2)ccc1=O. The molecule has 2 rings (SSSR count). The Bertz CT molecular complexity index is 604. The van der Waals surface area contributed by atoms with Gasteiger partial charge in [0.05, 0.1) is 18.0 Å². The molecular weight excluding hydrogens is 272 g/mol. The summed E-state index contributed by atoms with van der Waals surface area (Å²) in [7, 11) is 0. The summed E-state index contributed by atoms with van der Waals surface area (Å²) in [6.45, 7) is 3.42. The van der Waals surface area contributed by atoms with Crippen molar-refractivity contribution in [2.75, 3.05) is 11.6 Å². The lowest BCUT2D eigenvalue weighted by Crippen LogP contribution is -2.18. The second-order valence-electron chi connectivity index (χ2n) is 4.60. The number of nitrogens with zero attached hydrogens (tertiary/aromatic N) is 1. The van der Waals surface area contributed by atoms with Gasteiger partial charge in [0.25, 0.3) is 5.56 Å². The monoisotopic (exact) mass is 292 g/mol. The predicted molar refractivity (Wildman–Crippen MR) is 84.2 cm³/mol. The zero-order valence-electron chi connectivity index (χ0n) is 11.9. The third-order valence-electron chi connectivity index (χ3n) is 2.92. The van der Waals surface area contributed by atoms with Crippen molar-refractivity contribution in [3.05, 3.63) is 52.3 Å². The van der Waals surface area contributed by atoms with Crippen LogP contribution in [0.25, 0.3) is 0 Å². The Morgan fingerprint density at radius 3 is 2.80 bits per heavy atom. The average Bonchev–Trinajstić information content (AvgIpc) is 2.88. The van der Waals surface area contributed by atoms with Gasteiger partial charge >= 0.3 is 0 Å². The van der Waals surface area contributed by atoms with Gasteiger partial charge in [0.15, 0.2) is 0 Å². The first-order valence-electron chi connectivity index (χ1n) is 6.74. The van der Waals surface area contributed by atoms with Gasteiger partial charge in [-0.05, 0) is 30.9 Å². The lowest BCUT2D eigenvalue weighted by molar-refractivity contribution is 0.487. The number of hydrogen-bond acceptors (Lipinski definition) is 4. The van der Waals surface area contributed by atoms with E-state index in [9.17, 15) is 4.79 Å². The highest BCUT2D eigenvalue weighted by molar-refractivity contribution is 7.97. The summed E-state index contributed by atoms with van der Waals surface area (Å²) in [6, 6.07) is 7.39. The van der Waals surface area contributed by atoms with Crippen LogP contribution in [0.4, 0.5) is 5.69 Å². The lowest BCUT2D eigenvalue weighted by atomic mass is 10.3. The van der Waals surface area contributed by atoms with E-state index in [0.717, 1.165) is 35.9 Å². The maximum Gasteiger partial charge on any atom is 0.250 e. The topological polar surface area (TPSA) is 47.2 Å². The molecule has 0 atom stereocenters. The van der Waals surface area contributed by atoms with E-state index in [1.807, 2.05) is 18.3 Å². The number of aryl methyl sites for hydroxylation is 1. The molecule has 5 heteroatoms. The molecule has 1 N–H and O–H groups in total. The predicted octanol–water partition coefficient (Wildman–Crippen LogP) is 3.33. The number of rotatable bonds is 7. The zero-order chi connectivity index (χ0) is 14.4. The molecule has 0 aliphatic carbocycles. The third-order valence-corrected chi connectivity index (χ3v) is 3.49. The average molecular weight is 292 g/mol. The van der Waals surface area contributed by atoms with E-state index in [1.54, 1.807) is 28.5 Å². The van der Waals surface area contributed by atoms with Crippen LogP contribution in [0.5, 0.6) is 0 Å². The minimum Gasteiger partial charge on any atom is -0.463 e. The first kappa shape index (κ1) is 14.8. The van der Waals surface area contributed by atoms with Crippen LogP contribution in [0.15, 0.2) is 39.7 Å². The lowest BCUT2D eigenvalue weighted by Gasteiger charge is -2.08. The first-order valence-corrected chi connectivity index (χ1v) is 8.13. The molecule has 20 heavy (non-hydrogen) atoms. The largest absolute Gasteiger partial charge is 0.463 e. The van der Waals surface area contributed by atoms with E-state index in [2.05, 4.69) is 18.5 Å². The second kappa shape index (κ2) is 7.24. The van der Waals surface area contributed by atoms with Gasteiger partial charge in [0, 0.05) is 18.8 Å². The van der Waals surface area contributed by atoms with Gasteiger partial charge in [-0.25, -0.2) is 0 Å². The number of anilines is 1. The molecule has 2 aromatic heterocycles. The van der Waals surface area contributed by atoms with Crippen molar-refractivity contribution < 1.29 is 4.42 Å². The quantitative estimate of drug-likeness (QED) is 0.850. The molecule has 0 aliphatic heterocycles. The number of thioether (sulfide) groups is 1. The van der Waals surface area contributed by atoms with Crippen molar-refractivity contribution >= 4 is 17.4 Å². The van der Waals surface area contributed by atoms with Gasteiger partial charge in [-0.1, -0.05) is 6.92 Å². The molecule has 2 heterocycles. The van der Waals surface area contributed by atoms with E-state index >= 15 is 0 Å². The van der Waals surface area contributed by atoms with E-state index in [4.69, 9.17) is 4.42 Å². The van der Waals surface area contributed by atoms with E-state index in [-0.39, 0.29) is 5.56 Å². The Labute approximate surface area is 123 Å². The molecule has 0 fully saturated rings. The van der Waals surface area contributed by atoms with Crippen molar-refractivity contribution in [2.45, 2.75) is 32.2 Å². The van der Waals surface area contributed by atoms with Gasteiger partial charge < -0.3 is 14.3 Å². The van der Waals surface area contributed by atoms with Crippen LogP contribution >= 0.6 is 11.8 Å². The van der Waals surface area contributed by atoms with Crippen LogP contribution in [-0.2, 0) is 18.8 Å². The van der Waals surface area contributed by atoms with Crippen LogP contribution in [0, 0.1) is 0 Å². The van der Waals surface area contributed by atoms with E-state index in [1.165, 1.54) is 0 Å². The number of aromatic nitrogens is 1. The molecule has 108 valence electrons. The fourth-order valence-corrected chi connectivity index (χ4v) is 2.42. The highest BCUT2D eigenvalue weighted by Crippen LogP contribution is 2.14. The molecule has 0 aromatic carbocycles.